The fourth-order valence-corrected chi connectivity index (χ4v) is 5.14. The smallest absolute Gasteiger partial charge is 0.310 e. The van der Waals surface area contributed by atoms with Crippen LogP contribution in [0.4, 0.5) is 11.5 Å². The fraction of sp³-hybridized carbons (Fsp3) is 0.310. The minimum absolute atomic E-state index is 0.0374. The number of fused-ring (bicyclic) bond motifs is 1. The van der Waals surface area contributed by atoms with Crippen molar-refractivity contribution in [1.82, 2.24) is 14.4 Å². The molecule has 3 aromatic heterocycles. The zero-order chi connectivity index (χ0) is 26.2. The number of hydrogen-bond donors (Lipinski definition) is 2. The van der Waals surface area contributed by atoms with E-state index in [0.29, 0.717) is 23.3 Å². The lowest BCUT2D eigenvalue weighted by Gasteiger charge is -2.08. The molecule has 9 heteroatoms. The van der Waals surface area contributed by atoms with E-state index in [1.807, 2.05) is 47.0 Å². The van der Waals surface area contributed by atoms with Gasteiger partial charge in [0.15, 0.2) is 0 Å². The number of rotatable bonds is 9. The molecule has 0 saturated heterocycles. The van der Waals surface area contributed by atoms with Gasteiger partial charge >= 0.3 is 5.97 Å². The van der Waals surface area contributed by atoms with E-state index in [1.165, 1.54) is 25.5 Å². The first-order chi connectivity index (χ1) is 18.5. The molecule has 4 aromatic rings. The normalized spacial score (nSPS) is 18.3. The van der Waals surface area contributed by atoms with Crippen LogP contribution < -0.4 is 10.6 Å². The first-order valence-corrected chi connectivity index (χ1v) is 13.2. The molecule has 2 aliphatic carbocycles. The molecule has 2 fully saturated rings. The predicted octanol–water partition coefficient (Wildman–Crippen LogP) is 5.33. The molecule has 1 aromatic carbocycles. The molecule has 2 N–H and O–H groups in total. The van der Waals surface area contributed by atoms with E-state index in [4.69, 9.17) is 21.3 Å². The van der Waals surface area contributed by atoms with Crippen LogP contribution in [-0.2, 0) is 27.3 Å². The molecule has 0 aliphatic heterocycles. The summed E-state index contributed by atoms with van der Waals surface area (Å²) >= 11 is 6.10. The Balaban J connectivity index is 1.11. The molecule has 3 heterocycles. The number of carbonyl (C=O) groups excluding carboxylic acids is 2. The van der Waals surface area contributed by atoms with Crippen molar-refractivity contribution in [2.45, 2.75) is 44.1 Å². The van der Waals surface area contributed by atoms with Gasteiger partial charge in [0.2, 0.25) is 5.91 Å². The highest BCUT2D eigenvalue weighted by atomic mass is 35.5. The molecule has 6 rings (SSSR count). The van der Waals surface area contributed by atoms with Gasteiger partial charge < -0.3 is 19.8 Å². The van der Waals surface area contributed by atoms with E-state index in [0.717, 1.165) is 34.6 Å². The van der Waals surface area contributed by atoms with Crippen LogP contribution in [0, 0.1) is 5.92 Å². The summed E-state index contributed by atoms with van der Waals surface area (Å²) in [5, 5.41) is 7.00. The summed E-state index contributed by atoms with van der Waals surface area (Å²) in [5.74, 6) is 0.852. The maximum Gasteiger partial charge on any atom is 0.310 e. The summed E-state index contributed by atoms with van der Waals surface area (Å²) in [4.78, 5) is 33.9. The van der Waals surface area contributed by atoms with Gasteiger partial charge in [-0.15, -0.1) is 0 Å². The van der Waals surface area contributed by atoms with Crippen LogP contribution in [0.1, 0.15) is 53.5 Å². The van der Waals surface area contributed by atoms with E-state index < -0.39 is 0 Å². The van der Waals surface area contributed by atoms with Gasteiger partial charge in [0.25, 0.3) is 0 Å². The standard InChI is InChI=1S/C29H28ClN5O3/c1-38-27(36)11-19-9-20(17-5-6-17)15-35-16-23(33-28(19)35)14-32-22-7-8-31-26(12-22)34-29(37)25-13-24(25)18-3-2-4-21(30)10-18/h2-4,7-10,12,15-17,24-25H,5-6,11,13-14H2,1H3,(H2,31,32,34,37)/t24-,25?/m1/s1. The highest BCUT2D eigenvalue weighted by molar-refractivity contribution is 6.30. The molecule has 0 spiro atoms. The van der Waals surface area contributed by atoms with Crippen molar-refractivity contribution in [1.29, 1.82) is 0 Å². The number of amides is 1. The second-order valence-corrected chi connectivity index (χ2v) is 10.5. The number of halogens is 1. The van der Waals surface area contributed by atoms with E-state index in [2.05, 4.69) is 27.9 Å². The van der Waals surface area contributed by atoms with E-state index in [1.54, 1.807) is 6.20 Å². The Kier molecular flexibility index (Phi) is 6.49. The number of carbonyl (C=O) groups is 2. The molecular weight excluding hydrogens is 502 g/mol. The third-order valence-electron chi connectivity index (χ3n) is 7.20. The Hall–Kier alpha value is -3.91. The van der Waals surface area contributed by atoms with E-state index in [-0.39, 0.29) is 30.1 Å². The maximum atomic E-state index is 12.8. The van der Waals surface area contributed by atoms with Crippen LogP contribution >= 0.6 is 11.6 Å². The summed E-state index contributed by atoms with van der Waals surface area (Å²) in [6.07, 6.45) is 9.11. The van der Waals surface area contributed by atoms with Crippen LogP contribution in [0.15, 0.2) is 61.1 Å². The molecule has 0 bridgehead atoms. The van der Waals surface area contributed by atoms with Crippen molar-refractivity contribution in [3.63, 3.8) is 0 Å². The van der Waals surface area contributed by atoms with Gasteiger partial charge in [-0.25, -0.2) is 9.97 Å². The molecule has 2 aliphatic rings. The van der Waals surface area contributed by atoms with Crippen LogP contribution in [-0.4, -0.2) is 33.4 Å². The summed E-state index contributed by atoms with van der Waals surface area (Å²) < 4.78 is 6.90. The largest absolute Gasteiger partial charge is 0.469 e. The zero-order valence-corrected chi connectivity index (χ0v) is 21.7. The van der Waals surface area contributed by atoms with Crippen molar-refractivity contribution in [3.05, 3.63) is 88.5 Å². The predicted molar refractivity (Wildman–Crippen MR) is 145 cm³/mol. The average molecular weight is 530 g/mol. The average Bonchev–Trinajstić information content (AvgIpc) is 3.84. The van der Waals surface area contributed by atoms with Crippen LogP contribution in [0.3, 0.4) is 0 Å². The quantitative estimate of drug-likeness (QED) is 0.284. The first kappa shape index (κ1) is 24.4. The maximum absolute atomic E-state index is 12.8. The molecule has 0 radical (unpaired) electrons. The van der Waals surface area contributed by atoms with Crippen molar-refractivity contribution < 1.29 is 14.3 Å². The first-order valence-electron chi connectivity index (χ1n) is 12.8. The number of nitrogens with zero attached hydrogens (tertiary/aromatic N) is 3. The van der Waals surface area contributed by atoms with Crippen molar-refractivity contribution >= 4 is 40.6 Å². The Morgan fingerprint density at radius 3 is 2.79 bits per heavy atom. The molecule has 1 amide bonds. The number of esters is 1. The van der Waals surface area contributed by atoms with Crippen molar-refractivity contribution in [2.75, 3.05) is 17.7 Å². The summed E-state index contributed by atoms with van der Waals surface area (Å²) in [6.45, 7) is 0.481. The van der Waals surface area contributed by atoms with Gasteiger partial charge in [-0.2, -0.15) is 0 Å². The van der Waals surface area contributed by atoms with E-state index >= 15 is 0 Å². The molecule has 1 unspecified atom stereocenters. The number of nitrogens with one attached hydrogen (secondary N) is 2. The van der Waals surface area contributed by atoms with Crippen LogP contribution in [0.5, 0.6) is 0 Å². The number of aromatic nitrogens is 3. The number of ether oxygens (including phenoxy) is 1. The Morgan fingerprint density at radius 2 is 2.00 bits per heavy atom. The highest BCUT2D eigenvalue weighted by Gasteiger charge is 2.44. The summed E-state index contributed by atoms with van der Waals surface area (Å²) in [6, 6.07) is 13.4. The van der Waals surface area contributed by atoms with Crippen LogP contribution in [0.25, 0.3) is 5.65 Å². The van der Waals surface area contributed by atoms with Gasteiger partial charge in [0.05, 0.1) is 25.8 Å². The van der Waals surface area contributed by atoms with E-state index in [9.17, 15) is 9.59 Å². The highest BCUT2D eigenvalue weighted by Crippen LogP contribution is 2.48. The van der Waals surface area contributed by atoms with Gasteiger partial charge in [0.1, 0.15) is 11.5 Å². The Bertz CT molecular complexity index is 1530. The number of hydrogen-bond acceptors (Lipinski definition) is 6. The second kappa shape index (κ2) is 10.1. The molecule has 2 saturated carbocycles. The van der Waals surface area contributed by atoms with Gasteiger partial charge in [-0.3, -0.25) is 9.59 Å². The van der Waals surface area contributed by atoms with Crippen molar-refractivity contribution in [3.8, 4) is 0 Å². The number of methoxy groups -OCH3 is 1. The third kappa shape index (κ3) is 5.36. The lowest BCUT2D eigenvalue weighted by Crippen LogP contribution is -2.15. The SMILES string of the molecule is COC(=O)Cc1cc(C2CC2)cn2cc(CNc3ccnc(NC(=O)C4C[C@@H]4c4cccc(Cl)c4)c3)nc12. The topological polar surface area (TPSA) is 97.6 Å². The van der Waals surface area contributed by atoms with Crippen molar-refractivity contribution in [2.24, 2.45) is 5.92 Å². The molecule has 194 valence electrons. The van der Waals surface area contributed by atoms with Gasteiger partial charge in [0, 0.05) is 46.8 Å². The van der Waals surface area contributed by atoms with Gasteiger partial charge in [-0.1, -0.05) is 23.7 Å². The minimum Gasteiger partial charge on any atom is -0.469 e. The number of anilines is 2. The van der Waals surface area contributed by atoms with Crippen LogP contribution in [0.2, 0.25) is 5.02 Å². The fourth-order valence-electron chi connectivity index (χ4n) is 4.94. The molecule has 2 atom stereocenters. The summed E-state index contributed by atoms with van der Waals surface area (Å²) in [5.41, 5.74) is 5.62. The lowest BCUT2D eigenvalue weighted by molar-refractivity contribution is -0.139. The number of pyridine rings is 2. The van der Waals surface area contributed by atoms with Gasteiger partial charge in [-0.05, 0) is 66.5 Å². The minimum atomic E-state index is -0.279. The molecule has 38 heavy (non-hydrogen) atoms. The molecular formula is C29H28ClN5O3. The monoisotopic (exact) mass is 529 g/mol. The summed E-state index contributed by atoms with van der Waals surface area (Å²) in [7, 11) is 1.40. The second-order valence-electron chi connectivity index (χ2n) is 10.1. The Labute approximate surface area is 225 Å². The Morgan fingerprint density at radius 1 is 1.13 bits per heavy atom. The lowest BCUT2D eigenvalue weighted by atomic mass is 10.1. The number of imidazole rings is 1. The molecule has 8 nitrogen and oxygen atoms in total. The third-order valence-corrected chi connectivity index (χ3v) is 7.43. The zero-order valence-electron chi connectivity index (χ0n) is 21.0. The number of benzene rings is 1.